The summed E-state index contributed by atoms with van der Waals surface area (Å²) in [5.74, 6) is 0.769. The van der Waals surface area contributed by atoms with Crippen molar-refractivity contribution >= 4 is 11.6 Å². The molecule has 0 bridgehead atoms. The van der Waals surface area contributed by atoms with Crippen LogP contribution in [0.3, 0.4) is 0 Å². The zero-order valence-corrected chi connectivity index (χ0v) is 13.3. The van der Waals surface area contributed by atoms with Crippen LogP contribution < -0.4 is 5.73 Å². The monoisotopic (exact) mass is 291 g/mol. The Morgan fingerprint density at radius 3 is 2.86 bits per heavy atom. The summed E-state index contributed by atoms with van der Waals surface area (Å²) in [7, 11) is 4.05. The van der Waals surface area contributed by atoms with Crippen LogP contribution in [-0.4, -0.2) is 58.9 Å². The topological polar surface area (TPSA) is 75.3 Å². The number of nitrogens with two attached hydrogens (primary N) is 1. The molecule has 1 amide bonds. The fourth-order valence-electron chi connectivity index (χ4n) is 2.70. The molecule has 0 saturated carbocycles. The lowest BCUT2D eigenvalue weighted by molar-refractivity contribution is 0.0711. The Hall–Kier alpha value is -1.69. The summed E-state index contributed by atoms with van der Waals surface area (Å²) in [4.78, 5) is 25.4. The average molecular weight is 291 g/mol. The number of nitrogen functional groups attached to an aromatic ring is 1. The molecule has 0 radical (unpaired) electrons. The van der Waals surface area contributed by atoms with E-state index in [-0.39, 0.29) is 17.9 Å². The quantitative estimate of drug-likeness (QED) is 0.906. The molecule has 1 aromatic heterocycles. The molecule has 2 heterocycles. The van der Waals surface area contributed by atoms with E-state index in [1.54, 1.807) is 6.20 Å². The van der Waals surface area contributed by atoms with Gasteiger partial charge in [0.1, 0.15) is 5.82 Å². The second kappa shape index (κ2) is 6.39. The van der Waals surface area contributed by atoms with Crippen LogP contribution in [0.25, 0.3) is 0 Å². The third kappa shape index (κ3) is 3.50. The largest absolute Gasteiger partial charge is 0.396 e. The number of nitrogens with zero attached hydrogens (tertiary/aromatic N) is 4. The number of carbonyl (C=O) groups is 1. The van der Waals surface area contributed by atoms with Crippen LogP contribution in [0.1, 0.15) is 48.9 Å². The Bertz CT molecular complexity index is 515. The van der Waals surface area contributed by atoms with E-state index < -0.39 is 0 Å². The molecule has 1 saturated heterocycles. The van der Waals surface area contributed by atoms with Crippen molar-refractivity contribution in [1.29, 1.82) is 0 Å². The smallest absolute Gasteiger partial charge is 0.275 e. The first kappa shape index (κ1) is 15.7. The number of likely N-dealkylation sites (N-methyl/N-ethyl adjacent to an activating group) is 1. The normalized spacial score (nSPS) is 18.8. The molecule has 0 spiro atoms. The van der Waals surface area contributed by atoms with Gasteiger partial charge in [0.2, 0.25) is 0 Å². The van der Waals surface area contributed by atoms with Crippen molar-refractivity contribution in [2.24, 2.45) is 0 Å². The fraction of sp³-hybridized carbons (Fsp3) is 0.667. The van der Waals surface area contributed by atoms with Crippen molar-refractivity contribution in [3.63, 3.8) is 0 Å². The van der Waals surface area contributed by atoms with Crippen LogP contribution in [0, 0.1) is 0 Å². The molecule has 0 aliphatic carbocycles. The van der Waals surface area contributed by atoms with Gasteiger partial charge >= 0.3 is 0 Å². The Kier molecular flexibility index (Phi) is 4.77. The number of carbonyl (C=O) groups excluding carboxylic acids is 1. The summed E-state index contributed by atoms with van der Waals surface area (Å²) in [5, 5.41) is 0. The zero-order chi connectivity index (χ0) is 15.6. The summed E-state index contributed by atoms with van der Waals surface area (Å²) in [5.41, 5.74) is 6.63. The van der Waals surface area contributed by atoms with Crippen molar-refractivity contribution in [3.8, 4) is 0 Å². The van der Waals surface area contributed by atoms with E-state index in [0.717, 1.165) is 25.9 Å². The van der Waals surface area contributed by atoms with Crippen LogP contribution in [0.4, 0.5) is 5.69 Å². The minimum Gasteiger partial charge on any atom is -0.396 e. The van der Waals surface area contributed by atoms with Gasteiger partial charge in [0.15, 0.2) is 5.69 Å². The lowest BCUT2D eigenvalue weighted by Crippen LogP contribution is -2.42. The maximum atomic E-state index is 12.8. The van der Waals surface area contributed by atoms with E-state index in [2.05, 4.69) is 14.9 Å². The second-order valence-electron chi connectivity index (χ2n) is 6.24. The average Bonchev–Trinajstić information content (AvgIpc) is 2.85. The molecule has 6 nitrogen and oxygen atoms in total. The first-order valence-corrected chi connectivity index (χ1v) is 7.48. The lowest BCUT2D eigenvalue weighted by Gasteiger charge is -2.27. The third-order valence-corrected chi connectivity index (χ3v) is 3.77. The fourth-order valence-corrected chi connectivity index (χ4v) is 2.70. The van der Waals surface area contributed by atoms with E-state index in [1.807, 2.05) is 32.8 Å². The molecule has 2 rings (SSSR count). The predicted octanol–water partition coefficient (Wildman–Crippen LogP) is 1.35. The summed E-state index contributed by atoms with van der Waals surface area (Å²) in [6.07, 6.45) is 3.62. The molecule has 0 aromatic carbocycles. The highest BCUT2D eigenvalue weighted by molar-refractivity contribution is 5.97. The van der Waals surface area contributed by atoms with Gasteiger partial charge in [-0.25, -0.2) is 9.97 Å². The number of aromatic nitrogens is 2. The van der Waals surface area contributed by atoms with Crippen molar-refractivity contribution in [3.05, 3.63) is 17.7 Å². The summed E-state index contributed by atoms with van der Waals surface area (Å²) < 4.78 is 0. The van der Waals surface area contributed by atoms with Crippen LogP contribution in [0.15, 0.2) is 6.20 Å². The number of rotatable bonds is 4. The molecule has 6 heteroatoms. The Morgan fingerprint density at radius 2 is 2.24 bits per heavy atom. The number of hydrogen-bond acceptors (Lipinski definition) is 5. The van der Waals surface area contributed by atoms with Crippen LogP contribution in [0.2, 0.25) is 0 Å². The van der Waals surface area contributed by atoms with Crippen molar-refractivity contribution < 1.29 is 4.79 Å². The number of hydrogen-bond donors (Lipinski definition) is 1. The third-order valence-electron chi connectivity index (χ3n) is 3.77. The molecule has 116 valence electrons. The molecule has 1 aliphatic rings. The molecule has 1 aliphatic heterocycles. The number of anilines is 1. The van der Waals surface area contributed by atoms with Crippen LogP contribution in [-0.2, 0) is 0 Å². The van der Waals surface area contributed by atoms with Gasteiger partial charge in [0.25, 0.3) is 5.91 Å². The van der Waals surface area contributed by atoms with Crippen LogP contribution in [0.5, 0.6) is 0 Å². The van der Waals surface area contributed by atoms with Gasteiger partial charge in [-0.2, -0.15) is 0 Å². The SMILES string of the molecule is CC(C)c1ncc(N)c(C(=O)N2CCCC2CN(C)C)n1. The summed E-state index contributed by atoms with van der Waals surface area (Å²) in [6, 6.07) is 0.240. The Labute approximate surface area is 126 Å². The van der Waals surface area contributed by atoms with Gasteiger partial charge in [-0.15, -0.1) is 0 Å². The van der Waals surface area contributed by atoms with Crippen molar-refractivity contribution in [2.45, 2.75) is 38.6 Å². The summed E-state index contributed by atoms with van der Waals surface area (Å²) in [6.45, 7) is 5.65. The standard InChI is InChI=1S/C15H25N5O/c1-10(2)14-17-8-12(16)13(18-14)15(21)20-7-5-6-11(20)9-19(3)4/h8,10-11H,5-7,9,16H2,1-4H3. The lowest BCUT2D eigenvalue weighted by atomic mass is 10.2. The van der Waals surface area contributed by atoms with Crippen molar-refractivity contribution in [1.82, 2.24) is 19.8 Å². The highest BCUT2D eigenvalue weighted by Crippen LogP contribution is 2.22. The van der Waals surface area contributed by atoms with E-state index in [9.17, 15) is 4.79 Å². The van der Waals surface area contributed by atoms with E-state index in [1.165, 1.54) is 0 Å². The van der Waals surface area contributed by atoms with E-state index >= 15 is 0 Å². The predicted molar refractivity (Wildman–Crippen MR) is 83.1 cm³/mol. The number of amides is 1. The van der Waals surface area contributed by atoms with E-state index in [4.69, 9.17) is 5.73 Å². The zero-order valence-electron chi connectivity index (χ0n) is 13.3. The molecule has 1 aromatic rings. The van der Waals surface area contributed by atoms with Crippen LogP contribution >= 0.6 is 0 Å². The molecule has 1 unspecified atom stereocenters. The van der Waals surface area contributed by atoms with Crippen molar-refractivity contribution in [2.75, 3.05) is 32.9 Å². The van der Waals surface area contributed by atoms with Gasteiger partial charge in [-0.05, 0) is 26.9 Å². The first-order valence-electron chi connectivity index (χ1n) is 7.48. The van der Waals surface area contributed by atoms with Gasteiger partial charge < -0.3 is 15.5 Å². The molecular weight excluding hydrogens is 266 g/mol. The van der Waals surface area contributed by atoms with Gasteiger partial charge in [0, 0.05) is 25.0 Å². The minimum absolute atomic E-state index is 0.0684. The Morgan fingerprint density at radius 1 is 1.52 bits per heavy atom. The van der Waals surface area contributed by atoms with Gasteiger partial charge in [0.05, 0.1) is 11.9 Å². The van der Waals surface area contributed by atoms with Gasteiger partial charge in [-0.3, -0.25) is 4.79 Å². The first-order chi connectivity index (χ1) is 9.90. The highest BCUT2D eigenvalue weighted by Gasteiger charge is 2.31. The second-order valence-corrected chi connectivity index (χ2v) is 6.24. The maximum absolute atomic E-state index is 12.8. The van der Waals surface area contributed by atoms with E-state index in [0.29, 0.717) is 17.2 Å². The molecular formula is C15H25N5O. The molecule has 21 heavy (non-hydrogen) atoms. The number of likely N-dealkylation sites (tertiary alicyclic amines) is 1. The molecule has 2 N–H and O–H groups in total. The minimum atomic E-state index is -0.0684. The Balaban J connectivity index is 2.24. The molecule has 1 atom stereocenters. The van der Waals surface area contributed by atoms with Gasteiger partial charge in [-0.1, -0.05) is 13.8 Å². The summed E-state index contributed by atoms with van der Waals surface area (Å²) >= 11 is 0. The maximum Gasteiger partial charge on any atom is 0.275 e. The molecule has 1 fully saturated rings. The highest BCUT2D eigenvalue weighted by atomic mass is 16.2.